The monoisotopic (exact) mass is 458 g/mol. The molecule has 0 N–H and O–H groups in total. The fraction of sp³-hybridized carbons (Fsp3) is 0.857. The summed E-state index contributed by atoms with van der Waals surface area (Å²) in [6.45, 7) is 9.11. The van der Waals surface area contributed by atoms with Gasteiger partial charge in [-0.2, -0.15) is 0 Å². The van der Waals surface area contributed by atoms with Crippen LogP contribution >= 0.6 is 0 Å². The summed E-state index contributed by atoms with van der Waals surface area (Å²) < 4.78 is 5.33. The Morgan fingerprint density at radius 1 is 1.09 bits per heavy atom. The summed E-state index contributed by atoms with van der Waals surface area (Å²) in [6.07, 6.45) is 7.81. The molecule has 0 aromatic carbocycles. The second-order valence-electron chi connectivity index (χ2n) is 12.0. The predicted molar refractivity (Wildman–Crippen MR) is 125 cm³/mol. The van der Waals surface area contributed by atoms with Gasteiger partial charge in [-0.3, -0.25) is 19.2 Å². The molecule has 0 amide bonds. The molecule has 0 heterocycles. The molecule has 4 aliphatic carbocycles. The smallest absolute Gasteiger partial charge is 0.305 e. The molecule has 0 bridgehead atoms. The van der Waals surface area contributed by atoms with E-state index in [4.69, 9.17) is 4.74 Å². The Bertz CT molecular complexity index is 817. The van der Waals surface area contributed by atoms with Crippen LogP contribution in [0.15, 0.2) is 0 Å². The van der Waals surface area contributed by atoms with E-state index in [-0.39, 0.29) is 52.7 Å². The van der Waals surface area contributed by atoms with E-state index in [1.165, 1.54) is 0 Å². The van der Waals surface area contributed by atoms with Crippen molar-refractivity contribution in [2.24, 2.45) is 46.3 Å². The van der Waals surface area contributed by atoms with Gasteiger partial charge in [0.05, 0.1) is 6.61 Å². The van der Waals surface area contributed by atoms with E-state index in [0.717, 1.165) is 38.5 Å². The van der Waals surface area contributed by atoms with E-state index in [1.807, 2.05) is 0 Å². The molecule has 0 aromatic rings. The van der Waals surface area contributed by atoms with Crippen LogP contribution in [-0.4, -0.2) is 29.9 Å². The van der Waals surface area contributed by atoms with Crippen LogP contribution in [0.5, 0.6) is 0 Å². The molecule has 0 aliphatic heterocycles. The molecule has 4 fully saturated rings. The molecule has 4 saturated carbocycles. The van der Waals surface area contributed by atoms with Crippen LogP contribution in [0.3, 0.4) is 0 Å². The van der Waals surface area contributed by atoms with Gasteiger partial charge in [0.15, 0.2) is 0 Å². The quantitative estimate of drug-likeness (QED) is 0.380. The van der Waals surface area contributed by atoms with Crippen molar-refractivity contribution in [3.05, 3.63) is 0 Å². The predicted octanol–water partition coefficient (Wildman–Crippen LogP) is 5.33. The summed E-state index contributed by atoms with van der Waals surface area (Å²) in [5, 5.41) is 0. The van der Waals surface area contributed by atoms with Gasteiger partial charge in [-0.15, -0.1) is 0 Å². The second-order valence-corrected chi connectivity index (χ2v) is 12.0. The highest BCUT2D eigenvalue weighted by atomic mass is 16.5. The molecule has 5 heteroatoms. The zero-order valence-electron chi connectivity index (χ0n) is 21.0. The lowest BCUT2D eigenvalue weighted by Gasteiger charge is -2.58. The number of carbonyl (C=O) groups is 4. The van der Waals surface area contributed by atoms with Gasteiger partial charge in [0, 0.05) is 43.4 Å². The number of unbranched alkanes of at least 4 members (excludes halogenated alkanes) is 1. The number of ether oxygens (including phenoxy) is 1. The molecule has 33 heavy (non-hydrogen) atoms. The molecule has 8 atom stereocenters. The lowest BCUT2D eigenvalue weighted by molar-refractivity contribution is -0.166. The minimum atomic E-state index is -0.476. The number of ketones is 3. The van der Waals surface area contributed by atoms with Crippen LogP contribution < -0.4 is 0 Å². The van der Waals surface area contributed by atoms with Crippen LogP contribution in [0.25, 0.3) is 0 Å². The molecule has 0 aromatic heterocycles. The first-order valence-electron chi connectivity index (χ1n) is 13.4. The lowest BCUT2D eigenvalue weighted by atomic mass is 9.44. The maximum atomic E-state index is 13.8. The molecular formula is C28H42O5. The number of Topliss-reactive ketones (excluding diaryl/α,β-unsaturated/α-hetero) is 3. The third kappa shape index (κ3) is 4.12. The van der Waals surface area contributed by atoms with Crippen LogP contribution in [0, 0.1) is 46.3 Å². The zero-order chi connectivity index (χ0) is 24.0. The molecule has 5 nitrogen and oxygen atoms in total. The van der Waals surface area contributed by atoms with Gasteiger partial charge in [-0.25, -0.2) is 0 Å². The maximum absolute atomic E-state index is 13.8. The normalized spacial score (nSPS) is 41.2. The summed E-state index contributed by atoms with van der Waals surface area (Å²) >= 11 is 0. The first-order chi connectivity index (χ1) is 15.6. The molecule has 4 rings (SSSR count). The van der Waals surface area contributed by atoms with Gasteiger partial charge in [0.1, 0.15) is 17.3 Å². The first-order valence-corrected chi connectivity index (χ1v) is 13.4. The van der Waals surface area contributed by atoms with Crippen molar-refractivity contribution in [2.45, 2.75) is 98.3 Å². The van der Waals surface area contributed by atoms with Gasteiger partial charge in [-0.1, -0.05) is 34.1 Å². The Kier molecular flexibility index (Phi) is 6.90. The summed E-state index contributed by atoms with van der Waals surface area (Å²) in [4.78, 5) is 51.5. The largest absolute Gasteiger partial charge is 0.466 e. The average molecular weight is 459 g/mol. The van der Waals surface area contributed by atoms with E-state index in [2.05, 4.69) is 27.7 Å². The zero-order valence-corrected chi connectivity index (χ0v) is 21.0. The van der Waals surface area contributed by atoms with E-state index in [9.17, 15) is 19.2 Å². The van der Waals surface area contributed by atoms with Crippen LogP contribution in [0.4, 0.5) is 0 Å². The van der Waals surface area contributed by atoms with Gasteiger partial charge >= 0.3 is 5.97 Å². The number of fused-ring (bicyclic) bond motifs is 5. The van der Waals surface area contributed by atoms with E-state index >= 15 is 0 Å². The van der Waals surface area contributed by atoms with Crippen LogP contribution in [-0.2, 0) is 23.9 Å². The molecule has 0 saturated heterocycles. The summed E-state index contributed by atoms with van der Waals surface area (Å²) in [7, 11) is 0. The fourth-order valence-electron chi connectivity index (χ4n) is 8.34. The third-order valence-corrected chi connectivity index (χ3v) is 10.5. The van der Waals surface area contributed by atoms with Crippen LogP contribution in [0.1, 0.15) is 98.3 Å². The average Bonchev–Trinajstić information content (AvgIpc) is 3.13. The number of hydrogen-bond acceptors (Lipinski definition) is 5. The molecule has 1 unspecified atom stereocenters. The summed E-state index contributed by atoms with van der Waals surface area (Å²) in [5.74, 6) is 1.48. The SMILES string of the molecule is CCCCOC(=O)CCC(C)[C@H]1CC[C@H]2[C@@H]3C(=O)C[C@@H]4CC(=O)CC[C@]4(C)[C@H]3CC(=O)[C@]12C. The van der Waals surface area contributed by atoms with E-state index < -0.39 is 5.41 Å². The maximum Gasteiger partial charge on any atom is 0.305 e. The molecule has 184 valence electrons. The Morgan fingerprint density at radius 2 is 1.85 bits per heavy atom. The Labute approximate surface area is 198 Å². The Hall–Kier alpha value is -1.52. The molecule has 0 radical (unpaired) electrons. The Balaban J connectivity index is 1.49. The van der Waals surface area contributed by atoms with Crippen molar-refractivity contribution < 1.29 is 23.9 Å². The van der Waals surface area contributed by atoms with Crippen molar-refractivity contribution in [3.63, 3.8) is 0 Å². The number of esters is 1. The molecule has 4 aliphatic rings. The highest BCUT2D eigenvalue weighted by molar-refractivity contribution is 5.93. The standard InChI is InChI=1S/C28H42O5/c1-5-6-13-33-25(32)10-7-17(2)20-8-9-21-26-22(16-24(31)28(20,21)4)27(3)12-11-19(29)14-18(27)15-23(26)30/h17-18,20-22,26H,5-16H2,1-4H3/t17?,18-,20+,21-,22-,26-,27-,28+/m0/s1. The number of hydrogen-bond donors (Lipinski definition) is 0. The van der Waals surface area contributed by atoms with Crippen molar-refractivity contribution in [1.29, 1.82) is 0 Å². The van der Waals surface area contributed by atoms with Crippen molar-refractivity contribution >= 4 is 23.3 Å². The summed E-state index contributed by atoms with van der Waals surface area (Å²) in [6, 6.07) is 0. The first kappa shape index (κ1) is 24.6. The Morgan fingerprint density at radius 3 is 2.58 bits per heavy atom. The van der Waals surface area contributed by atoms with Crippen molar-refractivity contribution in [3.8, 4) is 0 Å². The van der Waals surface area contributed by atoms with E-state index in [0.29, 0.717) is 50.3 Å². The van der Waals surface area contributed by atoms with Crippen molar-refractivity contribution in [2.75, 3.05) is 6.61 Å². The van der Waals surface area contributed by atoms with E-state index in [1.54, 1.807) is 0 Å². The molecule has 0 spiro atoms. The van der Waals surface area contributed by atoms with Gasteiger partial charge in [-0.05, 0) is 67.1 Å². The van der Waals surface area contributed by atoms with Crippen molar-refractivity contribution in [1.82, 2.24) is 0 Å². The minimum absolute atomic E-state index is 0.0432. The number of carbonyl (C=O) groups excluding carboxylic acids is 4. The van der Waals surface area contributed by atoms with Crippen LogP contribution in [0.2, 0.25) is 0 Å². The summed E-state index contributed by atoms with van der Waals surface area (Å²) in [5.41, 5.74) is -0.550. The van der Waals surface area contributed by atoms with Gasteiger partial charge in [0.25, 0.3) is 0 Å². The highest BCUT2D eigenvalue weighted by Crippen LogP contribution is 2.66. The fourth-order valence-corrected chi connectivity index (χ4v) is 8.34. The minimum Gasteiger partial charge on any atom is -0.466 e. The lowest BCUT2D eigenvalue weighted by Crippen LogP contribution is -2.60. The highest BCUT2D eigenvalue weighted by Gasteiger charge is 2.66. The number of rotatable bonds is 7. The van der Waals surface area contributed by atoms with Gasteiger partial charge < -0.3 is 4.74 Å². The third-order valence-electron chi connectivity index (χ3n) is 10.5. The molecular weight excluding hydrogens is 416 g/mol. The topological polar surface area (TPSA) is 77.5 Å². The second kappa shape index (κ2) is 9.26. The van der Waals surface area contributed by atoms with Gasteiger partial charge in [0.2, 0.25) is 0 Å².